The Morgan fingerprint density at radius 3 is 2.72 bits per heavy atom. The molecule has 0 radical (unpaired) electrons. The average molecular weight is 368 g/mol. The smallest absolute Gasteiger partial charge is 0.237 e. The first-order chi connectivity index (χ1) is 12.1. The van der Waals surface area contributed by atoms with Crippen molar-refractivity contribution in [2.75, 3.05) is 26.2 Å². The SMILES string of the molecule is O=C1NCCN(Cc2c(F)cccc2Cl)C1CC(=O)N1CCCCC1. The van der Waals surface area contributed by atoms with Crippen molar-refractivity contribution in [3.63, 3.8) is 0 Å². The van der Waals surface area contributed by atoms with Crippen LogP contribution in [0.5, 0.6) is 0 Å². The fourth-order valence-corrected chi connectivity index (χ4v) is 3.72. The number of piperazine rings is 1. The van der Waals surface area contributed by atoms with E-state index in [0.29, 0.717) is 23.7 Å². The van der Waals surface area contributed by atoms with E-state index in [1.165, 1.54) is 6.07 Å². The third-order valence-corrected chi connectivity index (χ3v) is 5.30. The van der Waals surface area contributed by atoms with Gasteiger partial charge in [0, 0.05) is 43.3 Å². The molecular weight excluding hydrogens is 345 g/mol. The van der Waals surface area contributed by atoms with Crippen LogP contribution in [0.25, 0.3) is 0 Å². The topological polar surface area (TPSA) is 52.7 Å². The first kappa shape index (κ1) is 18.1. The molecule has 2 aliphatic rings. The van der Waals surface area contributed by atoms with Crippen LogP contribution in [0.1, 0.15) is 31.2 Å². The maximum absolute atomic E-state index is 14.1. The summed E-state index contributed by atoms with van der Waals surface area (Å²) in [6.07, 6.45) is 3.29. The Labute approximate surface area is 152 Å². The highest BCUT2D eigenvalue weighted by atomic mass is 35.5. The second-order valence-corrected chi connectivity index (χ2v) is 7.03. The van der Waals surface area contributed by atoms with E-state index in [2.05, 4.69) is 5.32 Å². The zero-order valence-electron chi connectivity index (χ0n) is 14.1. The van der Waals surface area contributed by atoms with E-state index in [0.717, 1.165) is 32.4 Å². The van der Waals surface area contributed by atoms with Gasteiger partial charge in [0.05, 0.1) is 12.5 Å². The van der Waals surface area contributed by atoms with Crippen molar-refractivity contribution >= 4 is 23.4 Å². The lowest BCUT2D eigenvalue weighted by atomic mass is 10.0. The summed E-state index contributed by atoms with van der Waals surface area (Å²) < 4.78 is 14.1. The number of benzene rings is 1. The number of carbonyl (C=O) groups excluding carboxylic acids is 2. The van der Waals surface area contributed by atoms with Crippen molar-refractivity contribution in [2.45, 2.75) is 38.3 Å². The van der Waals surface area contributed by atoms with E-state index in [1.54, 1.807) is 12.1 Å². The monoisotopic (exact) mass is 367 g/mol. The molecule has 0 aromatic heterocycles. The Morgan fingerprint density at radius 1 is 1.24 bits per heavy atom. The molecule has 2 amide bonds. The van der Waals surface area contributed by atoms with Crippen LogP contribution >= 0.6 is 11.6 Å². The molecule has 25 heavy (non-hydrogen) atoms. The maximum Gasteiger partial charge on any atom is 0.237 e. The van der Waals surface area contributed by atoms with E-state index in [4.69, 9.17) is 11.6 Å². The van der Waals surface area contributed by atoms with E-state index in [9.17, 15) is 14.0 Å². The maximum atomic E-state index is 14.1. The Hall–Kier alpha value is -1.66. The molecule has 2 saturated heterocycles. The van der Waals surface area contributed by atoms with Crippen LogP contribution < -0.4 is 5.32 Å². The fourth-order valence-electron chi connectivity index (χ4n) is 3.50. The minimum Gasteiger partial charge on any atom is -0.353 e. The molecule has 7 heteroatoms. The minimum atomic E-state index is -0.584. The van der Waals surface area contributed by atoms with Crippen LogP contribution in [0.4, 0.5) is 4.39 Å². The number of piperidine rings is 1. The molecule has 0 saturated carbocycles. The van der Waals surface area contributed by atoms with Crippen LogP contribution in [0, 0.1) is 5.82 Å². The van der Waals surface area contributed by atoms with Gasteiger partial charge in [-0.3, -0.25) is 14.5 Å². The second kappa shape index (κ2) is 8.15. The first-order valence-corrected chi connectivity index (χ1v) is 9.16. The van der Waals surface area contributed by atoms with E-state index < -0.39 is 6.04 Å². The molecule has 1 atom stereocenters. The number of amides is 2. The quantitative estimate of drug-likeness (QED) is 0.887. The molecule has 2 fully saturated rings. The van der Waals surface area contributed by atoms with Crippen LogP contribution in [0.3, 0.4) is 0 Å². The number of rotatable bonds is 4. The van der Waals surface area contributed by atoms with Crippen molar-refractivity contribution in [3.05, 3.63) is 34.6 Å². The Bertz CT molecular complexity index is 629. The molecule has 5 nitrogen and oxygen atoms in total. The number of hydrogen-bond acceptors (Lipinski definition) is 3. The summed E-state index contributed by atoms with van der Waals surface area (Å²) >= 11 is 6.12. The molecular formula is C18H23ClFN3O2. The van der Waals surface area contributed by atoms with Crippen LogP contribution in [0.2, 0.25) is 5.02 Å². The molecule has 0 bridgehead atoms. The molecule has 1 unspecified atom stereocenters. The zero-order valence-corrected chi connectivity index (χ0v) is 14.9. The molecule has 3 rings (SSSR count). The Kier molecular flexibility index (Phi) is 5.91. The fraction of sp³-hybridized carbons (Fsp3) is 0.556. The lowest BCUT2D eigenvalue weighted by Crippen LogP contribution is -2.56. The number of hydrogen-bond donors (Lipinski definition) is 1. The lowest BCUT2D eigenvalue weighted by molar-refractivity contribution is -0.139. The number of likely N-dealkylation sites (tertiary alicyclic amines) is 1. The van der Waals surface area contributed by atoms with Gasteiger partial charge in [0.15, 0.2) is 0 Å². The van der Waals surface area contributed by atoms with Crippen molar-refractivity contribution in [1.29, 1.82) is 0 Å². The molecule has 0 aliphatic carbocycles. The second-order valence-electron chi connectivity index (χ2n) is 6.62. The standard InChI is InChI=1S/C18H23ClFN3O2/c19-14-5-4-6-15(20)13(14)12-23-10-7-21-18(25)16(23)11-17(24)22-8-2-1-3-9-22/h4-6,16H,1-3,7-12H2,(H,21,25). The van der Waals surface area contributed by atoms with Gasteiger partial charge in [-0.05, 0) is 31.4 Å². The number of halogens is 2. The molecule has 1 aromatic carbocycles. The van der Waals surface area contributed by atoms with E-state index in [-0.39, 0.29) is 30.6 Å². The van der Waals surface area contributed by atoms with Gasteiger partial charge in [-0.25, -0.2) is 4.39 Å². The molecule has 2 aliphatic heterocycles. The van der Waals surface area contributed by atoms with Crippen LogP contribution in [-0.2, 0) is 16.1 Å². The van der Waals surface area contributed by atoms with Crippen LogP contribution in [0.15, 0.2) is 18.2 Å². The summed E-state index contributed by atoms with van der Waals surface area (Å²) in [5.41, 5.74) is 0.370. The normalized spacial score (nSPS) is 21.9. The van der Waals surface area contributed by atoms with Gasteiger partial charge in [-0.1, -0.05) is 17.7 Å². The van der Waals surface area contributed by atoms with Gasteiger partial charge >= 0.3 is 0 Å². The van der Waals surface area contributed by atoms with Crippen molar-refractivity contribution < 1.29 is 14.0 Å². The molecule has 1 aromatic rings. The summed E-state index contributed by atoms with van der Waals surface area (Å²) in [6.45, 7) is 2.78. The molecule has 2 heterocycles. The highest BCUT2D eigenvalue weighted by molar-refractivity contribution is 6.31. The third-order valence-electron chi connectivity index (χ3n) is 4.94. The Morgan fingerprint density at radius 2 is 2.00 bits per heavy atom. The van der Waals surface area contributed by atoms with Gasteiger partial charge in [0.25, 0.3) is 0 Å². The zero-order chi connectivity index (χ0) is 17.8. The number of nitrogens with zero attached hydrogens (tertiary/aromatic N) is 2. The Balaban J connectivity index is 1.72. The van der Waals surface area contributed by atoms with E-state index >= 15 is 0 Å². The lowest BCUT2D eigenvalue weighted by Gasteiger charge is -2.36. The molecule has 1 N–H and O–H groups in total. The van der Waals surface area contributed by atoms with Gasteiger partial charge in [0.1, 0.15) is 5.82 Å². The van der Waals surface area contributed by atoms with Crippen molar-refractivity contribution in [2.24, 2.45) is 0 Å². The van der Waals surface area contributed by atoms with Crippen molar-refractivity contribution in [1.82, 2.24) is 15.1 Å². The van der Waals surface area contributed by atoms with Gasteiger partial charge in [0.2, 0.25) is 11.8 Å². The summed E-state index contributed by atoms with van der Waals surface area (Å²) in [5, 5.41) is 3.15. The summed E-state index contributed by atoms with van der Waals surface area (Å²) in [5.74, 6) is -0.574. The number of carbonyl (C=O) groups is 2. The minimum absolute atomic E-state index is 0.00798. The first-order valence-electron chi connectivity index (χ1n) is 8.78. The summed E-state index contributed by atoms with van der Waals surface area (Å²) in [6, 6.07) is 3.97. The third kappa shape index (κ3) is 4.30. The van der Waals surface area contributed by atoms with Gasteiger partial charge < -0.3 is 10.2 Å². The predicted molar refractivity (Wildman–Crippen MR) is 93.7 cm³/mol. The number of nitrogens with one attached hydrogen (secondary N) is 1. The molecule has 0 spiro atoms. The summed E-state index contributed by atoms with van der Waals surface area (Å²) in [7, 11) is 0. The van der Waals surface area contributed by atoms with Gasteiger partial charge in [-0.15, -0.1) is 0 Å². The van der Waals surface area contributed by atoms with Gasteiger partial charge in [-0.2, -0.15) is 0 Å². The largest absolute Gasteiger partial charge is 0.353 e. The summed E-state index contributed by atoms with van der Waals surface area (Å²) in [4.78, 5) is 28.6. The average Bonchev–Trinajstić information content (AvgIpc) is 2.61. The molecule has 136 valence electrons. The highest BCUT2D eigenvalue weighted by Gasteiger charge is 2.33. The highest BCUT2D eigenvalue weighted by Crippen LogP contribution is 2.23. The van der Waals surface area contributed by atoms with Crippen molar-refractivity contribution in [3.8, 4) is 0 Å². The van der Waals surface area contributed by atoms with Crippen LogP contribution in [-0.4, -0.2) is 53.8 Å². The van der Waals surface area contributed by atoms with E-state index in [1.807, 2.05) is 9.80 Å². The predicted octanol–water partition coefficient (Wildman–Crippen LogP) is 2.18.